The molecule has 2 unspecified atom stereocenters. The zero-order chi connectivity index (χ0) is 12.1. The number of thiol groups is 1. The lowest BCUT2D eigenvalue weighted by molar-refractivity contribution is 0.230. The summed E-state index contributed by atoms with van der Waals surface area (Å²) in [5, 5.41) is 0. The van der Waals surface area contributed by atoms with Crippen LogP contribution in [0.4, 0.5) is 4.39 Å². The summed E-state index contributed by atoms with van der Waals surface area (Å²) in [5.74, 6) is 1.25. The summed E-state index contributed by atoms with van der Waals surface area (Å²) >= 11 is 4.27. The minimum Gasteiger partial charge on any atom is -0.299 e. The molecular weight excluding hydrogens is 221 g/mol. The molecular formula is C13H20FNS. The standard InChI is InChI=1S/C13H20FNS/c1-10(9-16)8-15(3)11(2)12-6-4-5-7-13(12)14/h4-7,10-11,16H,8-9H2,1-3H3. The molecule has 0 amide bonds. The molecule has 0 spiro atoms. The monoisotopic (exact) mass is 241 g/mol. The zero-order valence-corrected chi connectivity index (χ0v) is 11.0. The molecule has 0 fully saturated rings. The lowest BCUT2D eigenvalue weighted by Crippen LogP contribution is -2.28. The number of hydrogen-bond donors (Lipinski definition) is 1. The van der Waals surface area contributed by atoms with Crippen molar-refractivity contribution >= 4 is 12.6 Å². The molecule has 90 valence electrons. The van der Waals surface area contributed by atoms with Crippen LogP contribution in [-0.2, 0) is 0 Å². The highest BCUT2D eigenvalue weighted by molar-refractivity contribution is 7.80. The molecule has 0 bridgehead atoms. The van der Waals surface area contributed by atoms with Crippen LogP contribution in [-0.4, -0.2) is 24.2 Å². The second kappa shape index (κ2) is 6.26. The van der Waals surface area contributed by atoms with Gasteiger partial charge in [-0.2, -0.15) is 12.6 Å². The van der Waals surface area contributed by atoms with Gasteiger partial charge in [-0.15, -0.1) is 0 Å². The van der Waals surface area contributed by atoms with E-state index in [0.717, 1.165) is 17.9 Å². The van der Waals surface area contributed by atoms with Crippen LogP contribution in [0.1, 0.15) is 25.5 Å². The van der Waals surface area contributed by atoms with Crippen molar-refractivity contribution in [2.45, 2.75) is 19.9 Å². The predicted molar refractivity (Wildman–Crippen MR) is 70.5 cm³/mol. The Balaban J connectivity index is 2.70. The van der Waals surface area contributed by atoms with Crippen LogP contribution >= 0.6 is 12.6 Å². The molecule has 0 N–H and O–H groups in total. The van der Waals surface area contributed by atoms with Crippen molar-refractivity contribution in [1.82, 2.24) is 4.90 Å². The summed E-state index contributed by atoms with van der Waals surface area (Å²) in [6.45, 7) is 5.11. The Bertz CT molecular complexity index is 329. The van der Waals surface area contributed by atoms with E-state index in [0.29, 0.717) is 5.92 Å². The Morgan fingerprint density at radius 2 is 1.94 bits per heavy atom. The third-order valence-electron chi connectivity index (χ3n) is 2.93. The van der Waals surface area contributed by atoms with Crippen LogP contribution in [0.5, 0.6) is 0 Å². The van der Waals surface area contributed by atoms with Crippen molar-refractivity contribution in [3.63, 3.8) is 0 Å². The Kier molecular flexibility index (Phi) is 5.29. The molecule has 0 aliphatic carbocycles. The van der Waals surface area contributed by atoms with E-state index in [1.165, 1.54) is 6.07 Å². The molecule has 0 aromatic heterocycles. The average molecular weight is 241 g/mol. The summed E-state index contributed by atoms with van der Waals surface area (Å²) in [6.07, 6.45) is 0. The fourth-order valence-electron chi connectivity index (χ4n) is 1.76. The van der Waals surface area contributed by atoms with E-state index in [-0.39, 0.29) is 11.9 Å². The highest BCUT2D eigenvalue weighted by Crippen LogP contribution is 2.22. The van der Waals surface area contributed by atoms with Gasteiger partial charge in [0, 0.05) is 18.2 Å². The van der Waals surface area contributed by atoms with Gasteiger partial charge >= 0.3 is 0 Å². The second-order valence-electron chi connectivity index (χ2n) is 4.42. The van der Waals surface area contributed by atoms with E-state index in [9.17, 15) is 4.39 Å². The molecule has 1 aromatic rings. The molecule has 0 heterocycles. The first-order valence-electron chi connectivity index (χ1n) is 5.61. The van der Waals surface area contributed by atoms with Crippen molar-refractivity contribution in [1.29, 1.82) is 0 Å². The number of benzene rings is 1. The Labute approximate surface area is 103 Å². The quantitative estimate of drug-likeness (QED) is 0.773. The molecule has 3 heteroatoms. The van der Waals surface area contributed by atoms with Crippen molar-refractivity contribution in [2.24, 2.45) is 5.92 Å². The fraction of sp³-hybridized carbons (Fsp3) is 0.538. The third-order valence-corrected chi connectivity index (χ3v) is 3.55. The van der Waals surface area contributed by atoms with Gasteiger partial charge in [-0.3, -0.25) is 4.90 Å². The van der Waals surface area contributed by atoms with Gasteiger partial charge in [0.05, 0.1) is 0 Å². The molecule has 1 rings (SSSR count). The number of halogens is 1. The van der Waals surface area contributed by atoms with E-state index in [4.69, 9.17) is 0 Å². The van der Waals surface area contributed by atoms with Crippen LogP contribution in [0.2, 0.25) is 0 Å². The molecule has 0 saturated carbocycles. The summed E-state index contributed by atoms with van der Waals surface area (Å²) in [6, 6.07) is 7.07. The summed E-state index contributed by atoms with van der Waals surface area (Å²) < 4.78 is 13.6. The smallest absolute Gasteiger partial charge is 0.127 e. The molecule has 1 aromatic carbocycles. The van der Waals surface area contributed by atoms with Crippen LogP contribution in [0.3, 0.4) is 0 Å². The van der Waals surface area contributed by atoms with Crippen LogP contribution in [0.25, 0.3) is 0 Å². The Hall–Kier alpha value is -0.540. The van der Waals surface area contributed by atoms with E-state index in [2.05, 4.69) is 24.5 Å². The molecule has 0 aliphatic rings. The molecule has 0 aliphatic heterocycles. The highest BCUT2D eigenvalue weighted by Gasteiger charge is 2.16. The minimum atomic E-state index is -0.125. The summed E-state index contributed by atoms with van der Waals surface area (Å²) in [4.78, 5) is 2.17. The van der Waals surface area contributed by atoms with Gasteiger partial charge < -0.3 is 0 Å². The van der Waals surface area contributed by atoms with Crippen LogP contribution < -0.4 is 0 Å². The summed E-state index contributed by atoms with van der Waals surface area (Å²) in [5.41, 5.74) is 0.761. The normalized spacial score (nSPS) is 15.1. The van der Waals surface area contributed by atoms with E-state index in [1.54, 1.807) is 6.07 Å². The van der Waals surface area contributed by atoms with Crippen molar-refractivity contribution < 1.29 is 4.39 Å². The van der Waals surface area contributed by atoms with Gasteiger partial charge in [-0.1, -0.05) is 25.1 Å². The molecule has 2 atom stereocenters. The fourth-order valence-corrected chi connectivity index (χ4v) is 1.87. The lowest BCUT2D eigenvalue weighted by Gasteiger charge is -2.27. The van der Waals surface area contributed by atoms with Gasteiger partial charge in [0.2, 0.25) is 0 Å². The minimum absolute atomic E-state index is 0.100. The summed E-state index contributed by atoms with van der Waals surface area (Å²) in [7, 11) is 2.02. The molecule has 1 nitrogen and oxygen atoms in total. The van der Waals surface area contributed by atoms with Crippen molar-refractivity contribution in [3.05, 3.63) is 35.6 Å². The van der Waals surface area contributed by atoms with Crippen LogP contribution in [0.15, 0.2) is 24.3 Å². The number of rotatable bonds is 5. The molecule has 0 saturated heterocycles. The zero-order valence-electron chi connectivity index (χ0n) is 10.2. The van der Waals surface area contributed by atoms with E-state index < -0.39 is 0 Å². The Morgan fingerprint density at radius 1 is 1.31 bits per heavy atom. The SMILES string of the molecule is CC(CS)CN(C)C(C)c1ccccc1F. The largest absolute Gasteiger partial charge is 0.299 e. The first-order chi connectivity index (χ1) is 7.56. The first kappa shape index (κ1) is 13.5. The third kappa shape index (κ3) is 3.49. The molecule has 16 heavy (non-hydrogen) atoms. The number of nitrogens with zero attached hydrogens (tertiary/aromatic N) is 1. The predicted octanol–water partition coefficient (Wildman–Crippen LogP) is 3.38. The van der Waals surface area contributed by atoms with Gasteiger partial charge in [-0.25, -0.2) is 4.39 Å². The van der Waals surface area contributed by atoms with Crippen LogP contribution in [0, 0.1) is 11.7 Å². The highest BCUT2D eigenvalue weighted by atomic mass is 32.1. The lowest BCUT2D eigenvalue weighted by atomic mass is 10.1. The Morgan fingerprint density at radius 3 is 2.50 bits per heavy atom. The average Bonchev–Trinajstić information content (AvgIpc) is 2.28. The van der Waals surface area contributed by atoms with Gasteiger partial charge in [-0.05, 0) is 31.7 Å². The van der Waals surface area contributed by atoms with Gasteiger partial charge in [0.1, 0.15) is 5.82 Å². The maximum absolute atomic E-state index is 13.6. The van der Waals surface area contributed by atoms with Crippen molar-refractivity contribution in [3.8, 4) is 0 Å². The van der Waals surface area contributed by atoms with Crippen molar-refractivity contribution in [2.75, 3.05) is 19.3 Å². The number of hydrogen-bond acceptors (Lipinski definition) is 2. The maximum atomic E-state index is 13.6. The van der Waals surface area contributed by atoms with E-state index in [1.807, 2.05) is 26.1 Å². The van der Waals surface area contributed by atoms with Gasteiger partial charge in [0.25, 0.3) is 0 Å². The van der Waals surface area contributed by atoms with E-state index >= 15 is 0 Å². The van der Waals surface area contributed by atoms with Gasteiger partial charge in [0.15, 0.2) is 0 Å². The maximum Gasteiger partial charge on any atom is 0.127 e. The topological polar surface area (TPSA) is 3.24 Å². The molecule has 0 radical (unpaired) electrons. The second-order valence-corrected chi connectivity index (χ2v) is 4.79. The first-order valence-corrected chi connectivity index (χ1v) is 6.25.